The molecular weight excluding hydrogens is 202 g/mol. The number of carbonyl (C=O) groups excluding carboxylic acids is 1. The molecule has 0 saturated carbocycles. The van der Waals surface area contributed by atoms with E-state index in [4.69, 9.17) is 5.73 Å². The second-order valence-electron chi connectivity index (χ2n) is 4.02. The Bertz CT molecular complexity index is 353. The molecule has 1 atom stereocenters. The number of nitrogens with two attached hydrogens (primary N) is 1. The lowest BCUT2D eigenvalue weighted by atomic mass is 10.2. The predicted octanol–water partition coefficient (Wildman–Crippen LogP) is 1.64. The van der Waals surface area contributed by atoms with Crippen LogP contribution in [0.3, 0.4) is 0 Å². The molecular formula is C12H17N3O. The summed E-state index contributed by atoms with van der Waals surface area (Å²) in [5, 5.41) is 2.88. The third-order valence-electron chi connectivity index (χ3n) is 2.94. The maximum atomic E-state index is 11.9. The first-order valence-electron chi connectivity index (χ1n) is 5.64. The Morgan fingerprint density at radius 2 is 2.19 bits per heavy atom. The second kappa shape index (κ2) is 4.99. The Morgan fingerprint density at radius 3 is 2.88 bits per heavy atom. The highest BCUT2D eigenvalue weighted by atomic mass is 16.2. The van der Waals surface area contributed by atoms with Crippen molar-refractivity contribution in [3.8, 4) is 0 Å². The standard InChI is InChI=1S/C12H17N3O/c13-9-11-7-4-8-15(11)12(16)14-10-5-2-1-3-6-10/h1-3,5-6,11H,4,7-9,13H2,(H,14,16). The molecule has 1 aromatic rings. The van der Waals surface area contributed by atoms with Crippen molar-refractivity contribution < 1.29 is 4.79 Å². The summed E-state index contributed by atoms with van der Waals surface area (Å²) in [7, 11) is 0. The Kier molecular flexibility index (Phi) is 3.41. The minimum Gasteiger partial charge on any atom is -0.328 e. The van der Waals surface area contributed by atoms with E-state index >= 15 is 0 Å². The molecule has 4 heteroatoms. The van der Waals surface area contributed by atoms with Gasteiger partial charge in [0, 0.05) is 24.8 Å². The van der Waals surface area contributed by atoms with Crippen LogP contribution in [0.5, 0.6) is 0 Å². The van der Waals surface area contributed by atoms with E-state index in [9.17, 15) is 4.79 Å². The van der Waals surface area contributed by atoms with Gasteiger partial charge in [-0.25, -0.2) is 4.79 Å². The van der Waals surface area contributed by atoms with E-state index in [1.54, 1.807) is 0 Å². The zero-order valence-corrected chi connectivity index (χ0v) is 9.23. The first kappa shape index (κ1) is 11.0. The zero-order valence-electron chi connectivity index (χ0n) is 9.23. The van der Waals surface area contributed by atoms with Gasteiger partial charge in [0.1, 0.15) is 0 Å². The summed E-state index contributed by atoms with van der Waals surface area (Å²) in [5.41, 5.74) is 6.46. The zero-order chi connectivity index (χ0) is 11.4. The second-order valence-corrected chi connectivity index (χ2v) is 4.02. The summed E-state index contributed by atoms with van der Waals surface area (Å²) in [5.74, 6) is 0. The average Bonchev–Trinajstić information content (AvgIpc) is 2.78. The van der Waals surface area contributed by atoms with Crippen molar-refractivity contribution in [1.29, 1.82) is 0 Å². The van der Waals surface area contributed by atoms with Crippen molar-refractivity contribution in [3.05, 3.63) is 30.3 Å². The van der Waals surface area contributed by atoms with Crippen LogP contribution in [0.1, 0.15) is 12.8 Å². The van der Waals surface area contributed by atoms with Gasteiger partial charge in [0.05, 0.1) is 0 Å². The third kappa shape index (κ3) is 2.33. The van der Waals surface area contributed by atoms with Gasteiger partial charge in [-0.1, -0.05) is 18.2 Å². The molecule has 0 bridgehead atoms. The number of para-hydroxylation sites is 1. The summed E-state index contributed by atoms with van der Waals surface area (Å²) in [4.78, 5) is 13.8. The monoisotopic (exact) mass is 219 g/mol. The van der Waals surface area contributed by atoms with E-state index in [2.05, 4.69) is 5.32 Å². The fourth-order valence-corrected chi connectivity index (χ4v) is 2.06. The number of nitrogens with one attached hydrogen (secondary N) is 1. The van der Waals surface area contributed by atoms with Gasteiger partial charge in [0.25, 0.3) is 0 Å². The van der Waals surface area contributed by atoms with E-state index in [0.29, 0.717) is 6.54 Å². The Hall–Kier alpha value is -1.55. The van der Waals surface area contributed by atoms with E-state index in [1.165, 1.54) is 0 Å². The van der Waals surface area contributed by atoms with Gasteiger partial charge in [-0.15, -0.1) is 0 Å². The molecule has 4 nitrogen and oxygen atoms in total. The van der Waals surface area contributed by atoms with E-state index < -0.39 is 0 Å². The molecule has 0 radical (unpaired) electrons. The van der Waals surface area contributed by atoms with E-state index in [-0.39, 0.29) is 12.1 Å². The van der Waals surface area contributed by atoms with Crippen molar-refractivity contribution in [3.63, 3.8) is 0 Å². The highest BCUT2D eigenvalue weighted by molar-refractivity contribution is 5.89. The fourth-order valence-electron chi connectivity index (χ4n) is 2.06. The topological polar surface area (TPSA) is 58.4 Å². The van der Waals surface area contributed by atoms with Crippen molar-refractivity contribution in [2.75, 3.05) is 18.4 Å². The van der Waals surface area contributed by atoms with Gasteiger partial charge in [-0.05, 0) is 25.0 Å². The number of benzene rings is 1. The maximum absolute atomic E-state index is 11.9. The molecule has 2 amide bonds. The normalized spacial score (nSPS) is 19.8. The smallest absolute Gasteiger partial charge is 0.322 e. The predicted molar refractivity (Wildman–Crippen MR) is 64.2 cm³/mol. The van der Waals surface area contributed by atoms with Crippen LogP contribution in [-0.4, -0.2) is 30.1 Å². The van der Waals surface area contributed by atoms with Gasteiger partial charge >= 0.3 is 6.03 Å². The van der Waals surface area contributed by atoms with E-state index in [0.717, 1.165) is 25.1 Å². The van der Waals surface area contributed by atoms with Gasteiger partial charge in [0.15, 0.2) is 0 Å². The van der Waals surface area contributed by atoms with Gasteiger partial charge in [-0.3, -0.25) is 0 Å². The molecule has 1 aromatic carbocycles. The summed E-state index contributed by atoms with van der Waals surface area (Å²) >= 11 is 0. The number of amides is 2. The molecule has 2 rings (SSSR count). The summed E-state index contributed by atoms with van der Waals surface area (Å²) in [6, 6.07) is 9.65. The van der Waals surface area contributed by atoms with Crippen LogP contribution in [0, 0.1) is 0 Å². The van der Waals surface area contributed by atoms with Crippen molar-refractivity contribution >= 4 is 11.7 Å². The fraction of sp³-hybridized carbons (Fsp3) is 0.417. The molecule has 1 aliphatic heterocycles. The van der Waals surface area contributed by atoms with Crippen molar-refractivity contribution in [2.24, 2.45) is 5.73 Å². The first-order chi connectivity index (χ1) is 7.81. The number of nitrogens with zero attached hydrogens (tertiary/aromatic N) is 1. The number of carbonyl (C=O) groups is 1. The molecule has 1 unspecified atom stereocenters. The molecule has 1 saturated heterocycles. The average molecular weight is 219 g/mol. The quantitative estimate of drug-likeness (QED) is 0.794. The largest absolute Gasteiger partial charge is 0.328 e. The maximum Gasteiger partial charge on any atom is 0.322 e. The lowest BCUT2D eigenvalue weighted by molar-refractivity contribution is 0.208. The van der Waals surface area contributed by atoms with Crippen molar-refractivity contribution in [1.82, 2.24) is 4.90 Å². The number of hydrogen-bond donors (Lipinski definition) is 2. The molecule has 16 heavy (non-hydrogen) atoms. The van der Waals surface area contributed by atoms with E-state index in [1.807, 2.05) is 35.2 Å². The lowest BCUT2D eigenvalue weighted by Crippen LogP contribution is -2.42. The van der Waals surface area contributed by atoms with Crippen LogP contribution in [0.15, 0.2) is 30.3 Å². The first-order valence-corrected chi connectivity index (χ1v) is 5.64. The molecule has 0 aliphatic carbocycles. The Morgan fingerprint density at radius 1 is 1.44 bits per heavy atom. The van der Waals surface area contributed by atoms with Gasteiger partial charge in [-0.2, -0.15) is 0 Å². The number of urea groups is 1. The molecule has 1 aliphatic rings. The molecule has 1 heterocycles. The SMILES string of the molecule is NCC1CCCN1C(=O)Nc1ccccc1. The molecule has 86 valence electrons. The Balaban J connectivity index is 1.98. The summed E-state index contributed by atoms with van der Waals surface area (Å²) in [6.07, 6.45) is 2.06. The van der Waals surface area contributed by atoms with Crippen LogP contribution >= 0.6 is 0 Å². The number of anilines is 1. The molecule has 1 fully saturated rings. The summed E-state index contributed by atoms with van der Waals surface area (Å²) < 4.78 is 0. The number of hydrogen-bond acceptors (Lipinski definition) is 2. The minimum atomic E-state index is -0.0425. The van der Waals surface area contributed by atoms with Crippen LogP contribution in [0.2, 0.25) is 0 Å². The number of rotatable bonds is 2. The highest BCUT2D eigenvalue weighted by Crippen LogP contribution is 2.17. The van der Waals surface area contributed by atoms with Gasteiger partial charge in [0.2, 0.25) is 0 Å². The molecule has 0 spiro atoms. The van der Waals surface area contributed by atoms with Crippen LogP contribution in [0.25, 0.3) is 0 Å². The van der Waals surface area contributed by atoms with Gasteiger partial charge < -0.3 is 16.0 Å². The molecule has 3 N–H and O–H groups in total. The lowest BCUT2D eigenvalue weighted by Gasteiger charge is -2.23. The highest BCUT2D eigenvalue weighted by Gasteiger charge is 2.27. The number of likely N-dealkylation sites (tertiary alicyclic amines) is 1. The van der Waals surface area contributed by atoms with Crippen LogP contribution < -0.4 is 11.1 Å². The minimum absolute atomic E-state index is 0.0425. The molecule has 0 aromatic heterocycles. The third-order valence-corrected chi connectivity index (χ3v) is 2.94. The summed E-state index contributed by atoms with van der Waals surface area (Å²) in [6.45, 7) is 1.35. The Labute approximate surface area is 95.4 Å². The van der Waals surface area contributed by atoms with Crippen LogP contribution in [-0.2, 0) is 0 Å². The van der Waals surface area contributed by atoms with Crippen LogP contribution in [0.4, 0.5) is 10.5 Å². The van der Waals surface area contributed by atoms with Crippen molar-refractivity contribution in [2.45, 2.75) is 18.9 Å².